The molecule has 0 bridgehead atoms. The highest BCUT2D eigenvalue weighted by Crippen LogP contribution is 2.34. The summed E-state index contributed by atoms with van der Waals surface area (Å²) in [7, 11) is 1.72. The fraction of sp³-hybridized carbons (Fsp3) is 0.455. The molecule has 6 heteroatoms. The summed E-state index contributed by atoms with van der Waals surface area (Å²) >= 11 is 5.98. The smallest absolute Gasteiger partial charge is 0.294 e. The van der Waals surface area contributed by atoms with Crippen LogP contribution in [-0.2, 0) is 0 Å². The molecular formula is C11H15ClN2O3. The number of aliphatic hydroxyl groups excluding tert-OH is 1. The number of para-hydroxylation sites is 1. The standard InChI is InChI=1S/C11H15ClN2O3/c1-8(15)6-7-13(2)11-9(12)4-3-5-10(11)14(16)17/h3-5,8,15H,6-7H2,1-2H3. The quantitative estimate of drug-likeness (QED) is 0.651. The summed E-state index contributed by atoms with van der Waals surface area (Å²) in [6.45, 7) is 2.18. The Morgan fingerprint density at radius 2 is 2.24 bits per heavy atom. The van der Waals surface area contributed by atoms with Gasteiger partial charge in [0.15, 0.2) is 0 Å². The van der Waals surface area contributed by atoms with Crippen LogP contribution in [0.3, 0.4) is 0 Å². The van der Waals surface area contributed by atoms with Crippen LogP contribution in [0.5, 0.6) is 0 Å². The van der Waals surface area contributed by atoms with E-state index in [1.54, 1.807) is 31.0 Å². The molecule has 0 heterocycles. The Hall–Kier alpha value is -1.33. The third-order valence-electron chi connectivity index (χ3n) is 2.43. The number of anilines is 1. The van der Waals surface area contributed by atoms with Crippen LogP contribution in [0.1, 0.15) is 13.3 Å². The van der Waals surface area contributed by atoms with Gasteiger partial charge in [-0.05, 0) is 19.4 Å². The van der Waals surface area contributed by atoms with Crippen LogP contribution in [0.2, 0.25) is 5.02 Å². The molecule has 0 aromatic heterocycles. The van der Waals surface area contributed by atoms with Crippen molar-refractivity contribution in [3.8, 4) is 0 Å². The molecule has 0 aliphatic rings. The summed E-state index contributed by atoms with van der Waals surface area (Å²) in [4.78, 5) is 12.1. The molecule has 0 saturated heterocycles. The van der Waals surface area contributed by atoms with Crippen molar-refractivity contribution in [1.29, 1.82) is 0 Å². The van der Waals surface area contributed by atoms with E-state index < -0.39 is 11.0 Å². The highest BCUT2D eigenvalue weighted by Gasteiger charge is 2.20. The van der Waals surface area contributed by atoms with Crippen LogP contribution in [-0.4, -0.2) is 29.7 Å². The van der Waals surface area contributed by atoms with Gasteiger partial charge in [-0.2, -0.15) is 0 Å². The highest BCUT2D eigenvalue weighted by atomic mass is 35.5. The van der Waals surface area contributed by atoms with Crippen molar-refractivity contribution in [2.24, 2.45) is 0 Å². The molecule has 1 aromatic carbocycles. The van der Waals surface area contributed by atoms with Crippen LogP contribution in [0.15, 0.2) is 18.2 Å². The van der Waals surface area contributed by atoms with E-state index in [-0.39, 0.29) is 5.69 Å². The summed E-state index contributed by atoms with van der Waals surface area (Å²) in [5.41, 5.74) is 0.366. The van der Waals surface area contributed by atoms with Crippen LogP contribution in [0.4, 0.5) is 11.4 Å². The Kier molecular flexibility index (Phi) is 4.72. The maximum absolute atomic E-state index is 10.9. The van der Waals surface area contributed by atoms with Gasteiger partial charge >= 0.3 is 0 Å². The molecule has 1 aromatic rings. The first kappa shape index (κ1) is 13.7. The second-order valence-corrected chi connectivity index (χ2v) is 4.33. The highest BCUT2D eigenvalue weighted by molar-refractivity contribution is 6.33. The van der Waals surface area contributed by atoms with E-state index in [1.165, 1.54) is 6.07 Å². The lowest BCUT2D eigenvalue weighted by Gasteiger charge is -2.20. The normalized spacial score (nSPS) is 12.2. The van der Waals surface area contributed by atoms with E-state index in [0.717, 1.165) is 0 Å². The van der Waals surface area contributed by atoms with Gasteiger partial charge in [-0.3, -0.25) is 10.1 Å². The number of nitro benzene ring substituents is 1. The van der Waals surface area contributed by atoms with Crippen molar-refractivity contribution in [3.63, 3.8) is 0 Å². The Bertz CT molecular complexity index is 410. The van der Waals surface area contributed by atoms with Gasteiger partial charge in [-0.1, -0.05) is 17.7 Å². The van der Waals surface area contributed by atoms with E-state index in [1.807, 2.05) is 0 Å². The van der Waals surface area contributed by atoms with E-state index in [2.05, 4.69) is 0 Å². The average molecular weight is 259 g/mol. The van der Waals surface area contributed by atoms with Gasteiger partial charge in [0.1, 0.15) is 5.69 Å². The zero-order valence-corrected chi connectivity index (χ0v) is 10.5. The molecule has 0 amide bonds. The molecule has 0 saturated carbocycles. The third kappa shape index (κ3) is 3.57. The van der Waals surface area contributed by atoms with Gasteiger partial charge < -0.3 is 10.0 Å². The number of benzene rings is 1. The van der Waals surface area contributed by atoms with Crippen molar-refractivity contribution in [2.45, 2.75) is 19.4 Å². The van der Waals surface area contributed by atoms with Crippen LogP contribution < -0.4 is 4.90 Å². The number of rotatable bonds is 5. The second kappa shape index (κ2) is 5.84. The average Bonchev–Trinajstić information content (AvgIpc) is 2.25. The molecule has 1 N–H and O–H groups in total. The van der Waals surface area contributed by atoms with E-state index in [9.17, 15) is 15.2 Å². The van der Waals surface area contributed by atoms with Gasteiger partial charge in [0, 0.05) is 19.7 Å². The Labute approximate surface area is 105 Å². The number of nitrogens with zero attached hydrogens (tertiary/aromatic N) is 2. The molecule has 5 nitrogen and oxygen atoms in total. The van der Waals surface area contributed by atoms with Gasteiger partial charge in [-0.25, -0.2) is 0 Å². The number of halogens is 1. The van der Waals surface area contributed by atoms with Crippen LogP contribution in [0, 0.1) is 10.1 Å². The number of aliphatic hydroxyl groups is 1. The molecule has 1 rings (SSSR count). The molecule has 94 valence electrons. The van der Waals surface area contributed by atoms with Crippen molar-refractivity contribution in [2.75, 3.05) is 18.5 Å². The number of nitro groups is 1. The van der Waals surface area contributed by atoms with Crippen molar-refractivity contribution >= 4 is 23.0 Å². The van der Waals surface area contributed by atoms with Crippen molar-refractivity contribution in [1.82, 2.24) is 0 Å². The SMILES string of the molecule is CC(O)CCN(C)c1c(Cl)cccc1[N+](=O)[O-]. The molecule has 0 aliphatic carbocycles. The van der Waals surface area contributed by atoms with Crippen molar-refractivity contribution < 1.29 is 10.0 Å². The topological polar surface area (TPSA) is 66.6 Å². The van der Waals surface area contributed by atoms with Gasteiger partial charge in [0.25, 0.3) is 5.69 Å². The predicted octanol–water partition coefficient (Wildman–Crippen LogP) is 2.46. The molecule has 1 unspecified atom stereocenters. The summed E-state index contributed by atoms with van der Waals surface area (Å²) in [6.07, 6.45) is 0.0813. The summed E-state index contributed by atoms with van der Waals surface area (Å²) in [6, 6.07) is 4.58. The molecule has 0 fully saturated rings. The van der Waals surface area contributed by atoms with Gasteiger partial charge in [0.05, 0.1) is 16.0 Å². The maximum atomic E-state index is 10.9. The largest absolute Gasteiger partial charge is 0.393 e. The zero-order chi connectivity index (χ0) is 13.0. The predicted molar refractivity (Wildman–Crippen MR) is 67.7 cm³/mol. The Morgan fingerprint density at radius 3 is 2.76 bits per heavy atom. The third-order valence-corrected chi connectivity index (χ3v) is 2.73. The molecule has 0 spiro atoms. The lowest BCUT2D eigenvalue weighted by Crippen LogP contribution is -2.23. The Balaban J connectivity index is 2.98. The Morgan fingerprint density at radius 1 is 1.59 bits per heavy atom. The maximum Gasteiger partial charge on any atom is 0.294 e. The lowest BCUT2D eigenvalue weighted by atomic mass is 10.2. The molecule has 0 radical (unpaired) electrons. The van der Waals surface area contributed by atoms with Crippen molar-refractivity contribution in [3.05, 3.63) is 33.3 Å². The van der Waals surface area contributed by atoms with E-state index >= 15 is 0 Å². The fourth-order valence-corrected chi connectivity index (χ4v) is 1.84. The molecular weight excluding hydrogens is 244 g/mol. The summed E-state index contributed by atoms with van der Waals surface area (Å²) in [5, 5.41) is 20.4. The fourth-order valence-electron chi connectivity index (χ4n) is 1.52. The van der Waals surface area contributed by atoms with E-state index in [4.69, 9.17) is 11.6 Å². The molecule has 0 aliphatic heterocycles. The lowest BCUT2D eigenvalue weighted by molar-refractivity contribution is -0.384. The minimum Gasteiger partial charge on any atom is -0.393 e. The number of hydrogen-bond acceptors (Lipinski definition) is 4. The summed E-state index contributed by atoms with van der Waals surface area (Å²) in [5.74, 6) is 0. The first-order valence-electron chi connectivity index (χ1n) is 5.25. The van der Waals surface area contributed by atoms with Gasteiger partial charge in [-0.15, -0.1) is 0 Å². The van der Waals surface area contributed by atoms with Crippen LogP contribution >= 0.6 is 11.6 Å². The van der Waals surface area contributed by atoms with Crippen LogP contribution in [0.25, 0.3) is 0 Å². The van der Waals surface area contributed by atoms with Gasteiger partial charge in [0.2, 0.25) is 0 Å². The van der Waals surface area contributed by atoms with E-state index in [0.29, 0.717) is 23.7 Å². The molecule has 1 atom stereocenters. The first-order valence-corrected chi connectivity index (χ1v) is 5.63. The number of hydrogen-bond donors (Lipinski definition) is 1. The molecule has 17 heavy (non-hydrogen) atoms. The monoisotopic (exact) mass is 258 g/mol. The zero-order valence-electron chi connectivity index (χ0n) is 9.76. The minimum atomic E-state index is -0.458. The minimum absolute atomic E-state index is 0.0226. The summed E-state index contributed by atoms with van der Waals surface area (Å²) < 4.78 is 0. The second-order valence-electron chi connectivity index (χ2n) is 3.92. The first-order chi connectivity index (χ1) is 7.93.